The van der Waals surface area contributed by atoms with E-state index in [2.05, 4.69) is 22.5 Å². The molecule has 2 bridgehead atoms. The molecule has 2 aliphatic rings. The van der Waals surface area contributed by atoms with Crippen molar-refractivity contribution in [3.8, 4) is 0 Å². The van der Waals surface area contributed by atoms with E-state index in [9.17, 15) is 0 Å². The number of hydrogen-bond donors (Lipinski definition) is 2. The third kappa shape index (κ3) is 3.59. The zero-order valence-electron chi connectivity index (χ0n) is 11.4. The lowest BCUT2D eigenvalue weighted by molar-refractivity contribution is 0.0992. The highest BCUT2D eigenvalue weighted by molar-refractivity contribution is 5.80. The van der Waals surface area contributed by atoms with E-state index in [-0.39, 0.29) is 0 Å². The number of rotatable bonds is 6. The van der Waals surface area contributed by atoms with Crippen LogP contribution in [0.5, 0.6) is 0 Å². The molecule has 2 aliphatic heterocycles. The molecule has 2 N–H and O–H groups in total. The van der Waals surface area contributed by atoms with Crippen LogP contribution in [0.2, 0.25) is 0 Å². The van der Waals surface area contributed by atoms with Crippen molar-refractivity contribution >= 4 is 5.96 Å². The van der Waals surface area contributed by atoms with Gasteiger partial charge in [-0.2, -0.15) is 0 Å². The molecule has 2 fully saturated rings. The summed E-state index contributed by atoms with van der Waals surface area (Å²) in [5, 5.41) is 6.76. The summed E-state index contributed by atoms with van der Waals surface area (Å²) in [6.07, 6.45) is 4.37. The highest BCUT2D eigenvalue weighted by Gasteiger charge is 2.41. The molecular weight excluding hydrogens is 230 g/mol. The first-order chi connectivity index (χ1) is 8.83. The van der Waals surface area contributed by atoms with Gasteiger partial charge in [0.05, 0.1) is 31.4 Å². The normalized spacial score (nSPS) is 30.8. The molecule has 0 radical (unpaired) electrons. The van der Waals surface area contributed by atoms with Crippen LogP contribution in [0.15, 0.2) is 4.99 Å². The molecule has 5 heteroatoms. The first-order valence-corrected chi connectivity index (χ1v) is 7.11. The molecule has 0 aromatic carbocycles. The third-order valence-corrected chi connectivity index (χ3v) is 3.48. The van der Waals surface area contributed by atoms with Gasteiger partial charge in [0.15, 0.2) is 5.96 Å². The van der Waals surface area contributed by atoms with Crippen molar-refractivity contribution in [2.24, 2.45) is 4.99 Å². The first-order valence-electron chi connectivity index (χ1n) is 7.11. The molecule has 0 spiro atoms. The fourth-order valence-corrected chi connectivity index (χ4v) is 2.65. The molecule has 18 heavy (non-hydrogen) atoms. The van der Waals surface area contributed by atoms with E-state index >= 15 is 0 Å². The van der Waals surface area contributed by atoms with Crippen molar-refractivity contribution in [1.82, 2.24) is 10.6 Å². The topological polar surface area (TPSA) is 54.9 Å². The summed E-state index contributed by atoms with van der Waals surface area (Å²) in [6, 6.07) is 0.425. The number of hydrogen-bond acceptors (Lipinski definition) is 3. The Bertz CT molecular complexity index is 283. The van der Waals surface area contributed by atoms with Gasteiger partial charge < -0.3 is 20.1 Å². The van der Waals surface area contributed by atoms with Gasteiger partial charge in [-0.25, -0.2) is 0 Å². The van der Waals surface area contributed by atoms with E-state index in [1.54, 1.807) is 0 Å². The zero-order valence-corrected chi connectivity index (χ0v) is 11.4. The van der Waals surface area contributed by atoms with Crippen LogP contribution >= 0.6 is 0 Å². The van der Waals surface area contributed by atoms with Gasteiger partial charge >= 0.3 is 0 Å². The van der Waals surface area contributed by atoms with Crippen LogP contribution < -0.4 is 10.6 Å². The van der Waals surface area contributed by atoms with Gasteiger partial charge in [0, 0.05) is 13.2 Å². The van der Waals surface area contributed by atoms with E-state index in [0.29, 0.717) is 31.4 Å². The lowest BCUT2D eigenvalue weighted by atomic mass is 9.96. The fourth-order valence-electron chi connectivity index (χ4n) is 2.65. The van der Waals surface area contributed by atoms with Crippen LogP contribution in [-0.4, -0.2) is 50.5 Å². The van der Waals surface area contributed by atoms with Crippen LogP contribution in [0.25, 0.3) is 0 Å². The minimum absolute atomic E-state index is 0.380. The number of ether oxygens (including phenoxy) is 2. The van der Waals surface area contributed by atoms with E-state index < -0.39 is 0 Å². The maximum atomic E-state index is 5.84. The zero-order chi connectivity index (χ0) is 12.8. The molecule has 0 aliphatic carbocycles. The second-order valence-electron chi connectivity index (χ2n) is 4.82. The van der Waals surface area contributed by atoms with E-state index in [1.165, 1.54) is 12.8 Å². The van der Waals surface area contributed by atoms with Crippen molar-refractivity contribution < 1.29 is 9.47 Å². The van der Waals surface area contributed by atoms with Crippen LogP contribution in [0.4, 0.5) is 0 Å². The summed E-state index contributed by atoms with van der Waals surface area (Å²) in [4.78, 5) is 4.51. The molecule has 2 saturated heterocycles. The molecule has 0 aromatic rings. The molecule has 2 heterocycles. The smallest absolute Gasteiger partial charge is 0.191 e. The Morgan fingerprint density at radius 3 is 2.89 bits per heavy atom. The minimum atomic E-state index is 0.380. The van der Waals surface area contributed by atoms with Gasteiger partial charge in [0.1, 0.15) is 0 Å². The molecule has 5 nitrogen and oxygen atoms in total. The Morgan fingerprint density at radius 2 is 2.28 bits per heavy atom. The maximum Gasteiger partial charge on any atom is 0.191 e. The van der Waals surface area contributed by atoms with Crippen LogP contribution in [0, 0.1) is 0 Å². The number of nitrogens with one attached hydrogen (secondary N) is 2. The predicted octanol–water partition coefficient (Wildman–Crippen LogP) is 0.898. The predicted molar refractivity (Wildman–Crippen MR) is 71.9 cm³/mol. The lowest BCUT2D eigenvalue weighted by Gasteiger charge is -2.22. The molecule has 104 valence electrons. The highest BCUT2D eigenvalue weighted by Crippen LogP contribution is 2.34. The van der Waals surface area contributed by atoms with Crippen molar-refractivity contribution in [3.05, 3.63) is 0 Å². The molecule has 0 amide bonds. The number of fused-ring (bicyclic) bond motifs is 2. The SMILES string of the molecule is CCNC(=NCCOCC)NC1CC2CCC1O2. The van der Waals surface area contributed by atoms with E-state index in [1.807, 2.05) is 6.92 Å². The monoisotopic (exact) mass is 255 g/mol. The summed E-state index contributed by atoms with van der Waals surface area (Å²) < 4.78 is 11.1. The van der Waals surface area contributed by atoms with Crippen molar-refractivity contribution in [1.29, 1.82) is 0 Å². The lowest BCUT2D eigenvalue weighted by Crippen LogP contribution is -2.47. The van der Waals surface area contributed by atoms with Crippen LogP contribution in [-0.2, 0) is 9.47 Å². The Hall–Kier alpha value is -0.810. The summed E-state index contributed by atoms with van der Waals surface area (Å²) >= 11 is 0. The van der Waals surface area contributed by atoms with Gasteiger partial charge in [0.25, 0.3) is 0 Å². The van der Waals surface area contributed by atoms with E-state index in [0.717, 1.165) is 25.5 Å². The second kappa shape index (κ2) is 6.95. The molecule has 0 saturated carbocycles. The maximum absolute atomic E-state index is 5.84. The number of aliphatic imine (C=N–C) groups is 1. The fraction of sp³-hybridized carbons (Fsp3) is 0.923. The van der Waals surface area contributed by atoms with Crippen LogP contribution in [0.1, 0.15) is 33.1 Å². The van der Waals surface area contributed by atoms with Crippen molar-refractivity contribution in [3.63, 3.8) is 0 Å². The van der Waals surface area contributed by atoms with Crippen LogP contribution in [0.3, 0.4) is 0 Å². The van der Waals surface area contributed by atoms with Crippen molar-refractivity contribution in [2.75, 3.05) is 26.3 Å². The van der Waals surface area contributed by atoms with Gasteiger partial charge in [0.2, 0.25) is 0 Å². The third-order valence-electron chi connectivity index (χ3n) is 3.48. The number of guanidine groups is 1. The van der Waals surface area contributed by atoms with Gasteiger partial charge in [-0.05, 0) is 33.1 Å². The quantitative estimate of drug-likeness (QED) is 0.420. The largest absolute Gasteiger partial charge is 0.380 e. The summed E-state index contributed by atoms with van der Waals surface area (Å²) in [5.41, 5.74) is 0. The summed E-state index contributed by atoms with van der Waals surface area (Å²) in [6.45, 7) is 7.09. The van der Waals surface area contributed by atoms with Gasteiger partial charge in [-0.1, -0.05) is 0 Å². The minimum Gasteiger partial charge on any atom is -0.380 e. The molecule has 0 aromatic heterocycles. The van der Waals surface area contributed by atoms with Crippen molar-refractivity contribution in [2.45, 2.75) is 51.4 Å². The molecule has 3 unspecified atom stereocenters. The second-order valence-corrected chi connectivity index (χ2v) is 4.82. The summed E-state index contributed by atoms with van der Waals surface area (Å²) in [5.74, 6) is 0.887. The van der Waals surface area contributed by atoms with Gasteiger partial charge in [-0.3, -0.25) is 4.99 Å². The Kier molecular flexibility index (Phi) is 5.26. The highest BCUT2D eigenvalue weighted by atomic mass is 16.5. The standard InChI is InChI=1S/C13H25N3O2/c1-3-14-13(15-7-8-17-4-2)16-11-9-10-5-6-12(11)18-10/h10-12H,3-9H2,1-2H3,(H2,14,15,16). The molecule has 2 rings (SSSR count). The Labute approximate surface area is 109 Å². The Morgan fingerprint density at radius 1 is 1.39 bits per heavy atom. The summed E-state index contributed by atoms with van der Waals surface area (Å²) in [7, 11) is 0. The average Bonchev–Trinajstić information content (AvgIpc) is 2.97. The molecular formula is C13H25N3O2. The first kappa shape index (κ1) is 13.6. The number of nitrogens with zero attached hydrogens (tertiary/aromatic N) is 1. The average molecular weight is 255 g/mol. The van der Waals surface area contributed by atoms with Gasteiger partial charge in [-0.15, -0.1) is 0 Å². The molecule has 3 atom stereocenters. The van der Waals surface area contributed by atoms with E-state index in [4.69, 9.17) is 9.47 Å². The Balaban J connectivity index is 1.78.